The van der Waals surface area contributed by atoms with Gasteiger partial charge in [0, 0.05) is 0 Å². The Morgan fingerprint density at radius 2 is 1.53 bits per heavy atom. The molecule has 0 bridgehead atoms. The van der Waals surface area contributed by atoms with E-state index < -0.39 is 11.7 Å². The number of benzene rings is 2. The van der Waals surface area contributed by atoms with E-state index in [4.69, 9.17) is 0 Å². The molecular weight excluding hydrogens is 253 g/mol. The molecule has 4 heteroatoms. The lowest BCUT2D eigenvalue weighted by Gasteiger charge is -2.15. The number of phenols is 1. The Hall–Kier alpha value is -1.97. The Kier molecular flexibility index (Phi) is 3.27. The van der Waals surface area contributed by atoms with E-state index in [9.17, 15) is 18.3 Å². The summed E-state index contributed by atoms with van der Waals surface area (Å²) in [7, 11) is 0. The number of halogens is 3. The summed E-state index contributed by atoms with van der Waals surface area (Å²) in [5.74, 6) is 0.0886. The third-order valence-electron chi connectivity index (χ3n) is 3.07. The lowest BCUT2D eigenvalue weighted by Crippen LogP contribution is -2.07. The van der Waals surface area contributed by atoms with E-state index in [0.717, 1.165) is 6.07 Å². The van der Waals surface area contributed by atoms with Crippen LogP contribution in [-0.4, -0.2) is 5.11 Å². The van der Waals surface area contributed by atoms with Crippen LogP contribution < -0.4 is 0 Å². The monoisotopic (exact) mass is 266 g/mol. The van der Waals surface area contributed by atoms with Crippen molar-refractivity contribution in [2.45, 2.75) is 20.0 Å². The van der Waals surface area contributed by atoms with Crippen LogP contribution in [0.15, 0.2) is 36.4 Å². The van der Waals surface area contributed by atoms with Crippen molar-refractivity contribution in [2.75, 3.05) is 0 Å². The molecule has 0 atom stereocenters. The fourth-order valence-electron chi connectivity index (χ4n) is 2.06. The van der Waals surface area contributed by atoms with Gasteiger partial charge in [0.25, 0.3) is 0 Å². The van der Waals surface area contributed by atoms with E-state index in [2.05, 4.69) is 0 Å². The summed E-state index contributed by atoms with van der Waals surface area (Å²) in [6.45, 7) is 3.34. The van der Waals surface area contributed by atoms with Crippen molar-refractivity contribution < 1.29 is 18.3 Å². The fraction of sp³-hybridized carbons (Fsp3) is 0.200. The van der Waals surface area contributed by atoms with Crippen LogP contribution in [0.4, 0.5) is 13.2 Å². The molecule has 0 aliphatic carbocycles. The SMILES string of the molecule is Cc1cc(-c2ccccc2C(F)(F)F)c(C)cc1O. The van der Waals surface area contributed by atoms with Crippen molar-refractivity contribution in [3.05, 3.63) is 53.1 Å². The summed E-state index contributed by atoms with van der Waals surface area (Å²) >= 11 is 0. The van der Waals surface area contributed by atoms with E-state index >= 15 is 0 Å². The van der Waals surface area contributed by atoms with E-state index in [1.807, 2.05) is 0 Å². The number of phenolic OH excluding ortho intramolecular Hbond substituents is 1. The minimum Gasteiger partial charge on any atom is -0.508 e. The predicted octanol–water partition coefficient (Wildman–Crippen LogP) is 4.69. The highest BCUT2D eigenvalue weighted by molar-refractivity contribution is 5.73. The molecule has 0 amide bonds. The van der Waals surface area contributed by atoms with Crippen LogP contribution in [0.5, 0.6) is 5.75 Å². The summed E-state index contributed by atoms with van der Waals surface area (Å²) in [5, 5.41) is 9.58. The minimum atomic E-state index is -4.39. The summed E-state index contributed by atoms with van der Waals surface area (Å²) in [5.41, 5.74) is 1.12. The zero-order valence-corrected chi connectivity index (χ0v) is 10.5. The Labute approximate surface area is 109 Å². The summed E-state index contributed by atoms with van der Waals surface area (Å²) in [4.78, 5) is 0. The normalized spacial score (nSPS) is 11.6. The van der Waals surface area contributed by atoms with Crippen LogP contribution in [0.2, 0.25) is 0 Å². The van der Waals surface area contributed by atoms with Gasteiger partial charge in [-0.1, -0.05) is 18.2 Å². The van der Waals surface area contributed by atoms with Crippen molar-refractivity contribution >= 4 is 0 Å². The highest BCUT2D eigenvalue weighted by atomic mass is 19.4. The van der Waals surface area contributed by atoms with Crippen LogP contribution in [-0.2, 0) is 6.18 Å². The van der Waals surface area contributed by atoms with Gasteiger partial charge in [0.2, 0.25) is 0 Å². The lowest BCUT2D eigenvalue weighted by atomic mass is 9.94. The summed E-state index contributed by atoms with van der Waals surface area (Å²) in [6.07, 6.45) is -4.39. The Bertz CT molecular complexity index is 615. The maximum atomic E-state index is 13.0. The number of aromatic hydroxyl groups is 1. The maximum absolute atomic E-state index is 13.0. The smallest absolute Gasteiger partial charge is 0.417 e. The molecule has 0 saturated heterocycles. The number of aryl methyl sites for hydroxylation is 2. The van der Waals surface area contributed by atoms with Crippen LogP contribution in [0.25, 0.3) is 11.1 Å². The zero-order chi connectivity index (χ0) is 14.2. The molecule has 0 aliphatic rings. The highest BCUT2D eigenvalue weighted by Crippen LogP contribution is 2.39. The van der Waals surface area contributed by atoms with Crippen molar-refractivity contribution in [2.24, 2.45) is 0 Å². The number of rotatable bonds is 1. The third kappa shape index (κ3) is 2.57. The lowest BCUT2D eigenvalue weighted by molar-refractivity contribution is -0.137. The average Bonchev–Trinajstić information content (AvgIpc) is 2.33. The maximum Gasteiger partial charge on any atom is 0.417 e. The van der Waals surface area contributed by atoms with Crippen molar-refractivity contribution in [3.8, 4) is 16.9 Å². The van der Waals surface area contributed by atoms with Crippen LogP contribution in [0, 0.1) is 13.8 Å². The van der Waals surface area contributed by atoms with Gasteiger partial charge >= 0.3 is 6.18 Å². The second-order valence-electron chi connectivity index (χ2n) is 4.50. The quantitative estimate of drug-likeness (QED) is 0.793. The molecule has 0 spiro atoms. The van der Waals surface area contributed by atoms with Gasteiger partial charge in [-0.3, -0.25) is 0 Å². The van der Waals surface area contributed by atoms with Crippen LogP contribution in [0.3, 0.4) is 0 Å². The van der Waals surface area contributed by atoms with Gasteiger partial charge in [0.1, 0.15) is 5.75 Å². The number of alkyl halides is 3. The van der Waals surface area contributed by atoms with Gasteiger partial charge in [0.05, 0.1) is 5.56 Å². The number of hydrogen-bond acceptors (Lipinski definition) is 1. The number of hydrogen-bond donors (Lipinski definition) is 1. The minimum absolute atomic E-state index is 0.0886. The standard InChI is InChI=1S/C15H13F3O/c1-9-8-14(19)10(2)7-12(9)11-5-3-4-6-13(11)15(16,17)18/h3-8,19H,1-2H3. The Morgan fingerprint density at radius 3 is 2.16 bits per heavy atom. The predicted molar refractivity (Wildman–Crippen MR) is 68.0 cm³/mol. The first-order chi connectivity index (χ1) is 8.80. The molecule has 0 aliphatic heterocycles. The van der Waals surface area contributed by atoms with Crippen LogP contribution >= 0.6 is 0 Å². The first-order valence-corrected chi connectivity index (χ1v) is 5.77. The Morgan fingerprint density at radius 1 is 0.895 bits per heavy atom. The zero-order valence-electron chi connectivity index (χ0n) is 10.5. The van der Waals surface area contributed by atoms with Gasteiger partial charge in [-0.15, -0.1) is 0 Å². The average molecular weight is 266 g/mol. The van der Waals surface area contributed by atoms with Gasteiger partial charge < -0.3 is 5.11 Å². The first-order valence-electron chi connectivity index (χ1n) is 5.77. The van der Waals surface area contributed by atoms with Gasteiger partial charge in [0.15, 0.2) is 0 Å². The molecular formula is C15H13F3O. The third-order valence-corrected chi connectivity index (χ3v) is 3.07. The molecule has 1 nitrogen and oxygen atoms in total. The second kappa shape index (κ2) is 4.61. The van der Waals surface area contributed by atoms with Gasteiger partial charge in [-0.2, -0.15) is 13.2 Å². The van der Waals surface area contributed by atoms with E-state index in [1.165, 1.54) is 18.2 Å². The topological polar surface area (TPSA) is 20.2 Å². The van der Waals surface area contributed by atoms with E-state index in [-0.39, 0.29) is 11.3 Å². The largest absolute Gasteiger partial charge is 0.508 e. The molecule has 100 valence electrons. The molecule has 2 aromatic carbocycles. The van der Waals surface area contributed by atoms with Gasteiger partial charge in [-0.25, -0.2) is 0 Å². The van der Waals surface area contributed by atoms with Crippen LogP contribution in [0.1, 0.15) is 16.7 Å². The molecule has 0 unspecified atom stereocenters. The summed E-state index contributed by atoms with van der Waals surface area (Å²) in [6, 6.07) is 8.52. The van der Waals surface area contributed by atoms with Crippen molar-refractivity contribution in [3.63, 3.8) is 0 Å². The Balaban J connectivity index is 2.70. The first kappa shape index (κ1) is 13.5. The summed E-state index contributed by atoms with van der Waals surface area (Å²) < 4.78 is 39.0. The second-order valence-corrected chi connectivity index (χ2v) is 4.50. The van der Waals surface area contributed by atoms with Gasteiger partial charge in [-0.05, 0) is 54.3 Å². The fourth-order valence-corrected chi connectivity index (χ4v) is 2.06. The highest BCUT2D eigenvalue weighted by Gasteiger charge is 2.33. The molecule has 19 heavy (non-hydrogen) atoms. The molecule has 0 aromatic heterocycles. The van der Waals surface area contributed by atoms with E-state index in [1.54, 1.807) is 26.0 Å². The molecule has 1 N–H and O–H groups in total. The molecule has 0 radical (unpaired) electrons. The van der Waals surface area contributed by atoms with Crippen molar-refractivity contribution in [1.29, 1.82) is 0 Å². The molecule has 2 rings (SSSR count). The molecule has 0 saturated carbocycles. The van der Waals surface area contributed by atoms with Crippen molar-refractivity contribution in [1.82, 2.24) is 0 Å². The molecule has 0 fully saturated rings. The molecule has 0 heterocycles. The molecule has 2 aromatic rings. The van der Waals surface area contributed by atoms with E-state index in [0.29, 0.717) is 16.7 Å².